The summed E-state index contributed by atoms with van der Waals surface area (Å²) in [6.45, 7) is 0.907. The second-order valence-corrected chi connectivity index (χ2v) is 7.80. The molecule has 0 saturated carbocycles. The first kappa shape index (κ1) is 22.3. The van der Waals surface area contributed by atoms with E-state index in [1.165, 1.54) is 30.3 Å². The zero-order valence-corrected chi connectivity index (χ0v) is 18.4. The van der Waals surface area contributed by atoms with Crippen LogP contribution in [0.15, 0.2) is 76.4 Å². The molecule has 1 aliphatic heterocycles. The van der Waals surface area contributed by atoms with Crippen molar-refractivity contribution in [2.45, 2.75) is 19.4 Å². The van der Waals surface area contributed by atoms with Gasteiger partial charge in [-0.25, -0.2) is 9.80 Å². The van der Waals surface area contributed by atoms with Gasteiger partial charge in [0, 0.05) is 24.1 Å². The fourth-order valence-corrected chi connectivity index (χ4v) is 3.56. The Morgan fingerprint density at radius 2 is 1.85 bits per heavy atom. The molecular weight excluding hydrogens is 446 g/mol. The van der Waals surface area contributed by atoms with Gasteiger partial charge in [-0.3, -0.25) is 9.59 Å². The van der Waals surface area contributed by atoms with Crippen LogP contribution in [-0.4, -0.2) is 35.1 Å². The average molecular weight is 466 g/mol. The number of anilines is 1. The lowest BCUT2D eigenvalue weighted by Crippen LogP contribution is -2.31. The summed E-state index contributed by atoms with van der Waals surface area (Å²) in [4.78, 5) is 36.4. The normalized spacial score (nSPS) is 15.2. The zero-order valence-electron chi connectivity index (χ0n) is 17.7. The highest BCUT2D eigenvalue weighted by atomic mass is 35.5. The van der Waals surface area contributed by atoms with Gasteiger partial charge in [-0.1, -0.05) is 23.7 Å². The predicted molar refractivity (Wildman–Crippen MR) is 122 cm³/mol. The fourth-order valence-electron chi connectivity index (χ4n) is 3.43. The van der Waals surface area contributed by atoms with Crippen LogP contribution in [0.3, 0.4) is 0 Å². The molecule has 0 unspecified atom stereocenters. The third-order valence-corrected chi connectivity index (χ3v) is 5.23. The molecule has 8 nitrogen and oxygen atoms in total. The molecule has 2 heterocycles. The molecule has 0 spiro atoms. The van der Waals surface area contributed by atoms with Crippen molar-refractivity contribution in [1.82, 2.24) is 5.01 Å². The summed E-state index contributed by atoms with van der Waals surface area (Å²) in [7, 11) is 0. The minimum absolute atomic E-state index is 0.217. The van der Waals surface area contributed by atoms with Crippen LogP contribution in [0.4, 0.5) is 5.69 Å². The third kappa shape index (κ3) is 5.30. The van der Waals surface area contributed by atoms with Gasteiger partial charge in [-0.2, -0.15) is 5.10 Å². The number of benzene rings is 2. The Bertz CT molecular complexity index is 1190. The molecule has 0 saturated heterocycles. The SMILES string of the molecule is CC(=O)Nc1ccc(C(=O)OCC(=O)N2N=C(c3ccc(Cl)cc3)C[C@H]2c2ccco2)cc1. The topological polar surface area (TPSA) is 101 Å². The van der Waals surface area contributed by atoms with Gasteiger partial charge in [0.15, 0.2) is 6.61 Å². The van der Waals surface area contributed by atoms with E-state index in [1.807, 2.05) is 12.1 Å². The van der Waals surface area contributed by atoms with E-state index in [-0.39, 0.29) is 11.5 Å². The summed E-state index contributed by atoms with van der Waals surface area (Å²) < 4.78 is 10.7. The van der Waals surface area contributed by atoms with E-state index < -0.39 is 24.5 Å². The van der Waals surface area contributed by atoms with Crippen LogP contribution in [0, 0.1) is 0 Å². The number of carbonyl (C=O) groups is 3. The number of halogens is 1. The average Bonchev–Trinajstić information content (AvgIpc) is 3.48. The number of ether oxygens (including phenoxy) is 1. The van der Waals surface area contributed by atoms with Gasteiger partial charge in [0.25, 0.3) is 5.91 Å². The monoisotopic (exact) mass is 465 g/mol. The Kier molecular flexibility index (Phi) is 6.55. The van der Waals surface area contributed by atoms with Gasteiger partial charge in [0.05, 0.1) is 17.5 Å². The zero-order chi connectivity index (χ0) is 23.4. The number of amides is 2. The van der Waals surface area contributed by atoms with E-state index in [9.17, 15) is 14.4 Å². The second kappa shape index (κ2) is 9.70. The molecule has 9 heteroatoms. The highest BCUT2D eigenvalue weighted by molar-refractivity contribution is 6.30. The standard InChI is InChI=1S/C24H20ClN3O5/c1-15(29)26-19-10-6-17(7-11-19)24(31)33-14-23(30)28-21(22-3-2-12-32-22)13-20(27-28)16-4-8-18(25)9-5-16/h2-12,21H,13-14H2,1H3,(H,26,29)/t21-/m0/s1. The van der Waals surface area contributed by atoms with E-state index in [0.717, 1.165) is 5.56 Å². The molecule has 168 valence electrons. The molecule has 0 radical (unpaired) electrons. The van der Waals surface area contributed by atoms with Crippen LogP contribution in [0.2, 0.25) is 5.02 Å². The molecular formula is C24H20ClN3O5. The van der Waals surface area contributed by atoms with Crippen molar-refractivity contribution in [2.24, 2.45) is 5.10 Å². The van der Waals surface area contributed by atoms with Crippen molar-refractivity contribution >= 4 is 40.8 Å². The summed E-state index contributed by atoms with van der Waals surface area (Å²) in [5, 5.41) is 8.98. The number of furan rings is 1. The van der Waals surface area contributed by atoms with Gasteiger partial charge in [0.2, 0.25) is 5.91 Å². The van der Waals surface area contributed by atoms with Crippen LogP contribution in [0.25, 0.3) is 0 Å². The molecule has 2 aromatic carbocycles. The molecule has 0 fully saturated rings. The lowest BCUT2D eigenvalue weighted by molar-refractivity contribution is -0.136. The van der Waals surface area contributed by atoms with E-state index in [1.54, 1.807) is 36.4 Å². The first-order chi connectivity index (χ1) is 15.9. The Labute approximate surface area is 194 Å². The first-order valence-corrected chi connectivity index (χ1v) is 10.5. The van der Waals surface area contributed by atoms with Crippen LogP contribution < -0.4 is 5.32 Å². The number of carbonyl (C=O) groups excluding carboxylic acids is 3. The van der Waals surface area contributed by atoms with Crippen LogP contribution in [-0.2, 0) is 14.3 Å². The summed E-state index contributed by atoms with van der Waals surface area (Å²) in [5.74, 6) is -0.779. The smallest absolute Gasteiger partial charge is 0.338 e. The molecule has 0 aliphatic carbocycles. The quantitative estimate of drug-likeness (QED) is 0.543. The minimum Gasteiger partial charge on any atom is -0.467 e. The van der Waals surface area contributed by atoms with Gasteiger partial charge in [0.1, 0.15) is 11.8 Å². The molecule has 1 aliphatic rings. The molecule has 1 atom stereocenters. The number of hydrogen-bond acceptors (Lipinski definition) is 6. The Morgan fingerprint density at radius 1 is 1.12 bits per heavy atom. The van der Waals surface area contributed by atoms with Crippen LogP contribution >= 0.6 is 11.6 Å². The highest BCUT2D eigenvalue weighted by Gasteiger charge is 2.35. The molecule has 2 amide bonds. The number of hydrazone groups is 1. The Hall–Kier alpha value is -3.91. The number of esters is 1. The molecule has 4 rings (SSSR count). The third-order valence-electron chi connectivity index (χ3n) is 4.98. The maximum atomic E-state index is 12.9. The van der Waals surface area contributed by atoms with Crippen molar-refractivity contribution in [1.29, 1.82) is 0 Å². The van der Waals surface area contributed by atoms with E-state index in [2.05, 4.69) is 10.4 Å². The van der Waals surface area contributed by atoms with Gasteiger partial charge >= 0.3 is 5.97 Å². The number of hydrogen-bond donors (Lipinski definition) is 1. The maximum absolute atomic E-state index is 12.9. The Balaban J connectivity index is 1.45. The number of nitrogens with zero attached hydrogens (tertiary/aromatic N) is 2. The Morgan fingerprint density at radius 3 is 2.48 bits per heavy atom. The summed E-state index contributed by atoms with van der Waals surface area (Å²) >= 11 is 5.97. The van der Waals surface area contributed by atoms with Gasteiger partial charge in [-0.15, -0.1) is 0 Å². The lowest BCUT2D eigenvalue weighted by Gasteiger charge is -2.19. The first-order valence-electron chi connectivity index (χ1n) is 10.1. The molecule has 1 N–H and O–H groups in total. The second-order valence-electron chi connectivity index (χ2n) is 7.36. The van der Waals surface area contributed by atoms with E-state index in [4.69, 9.17) is 20.8 Å². The van der Waals surface area contributed by atoms with E-state index >= 15 is 0 Å². The van der Waals surface area contributed by atoms with Crippen LogP contribution in [0.5, 0.6) is 0 Å². The molecule has 33 heavy (non-hydrogen) atoms. The molecule has 3 aromatic rings. The summed E-state index contributed by atoms with van der Waals surface area (Å²) in [6, 6.07) is 16.4. The summed E-state index contributed by atoms with van der Waals surface area (Å²) in [5.41, 5.74) is 2.34. The number of rotatable bonds is 6. The number of nitrogens with one attached hydrogen (secondary N) is 1. The van der Waals surface area contributed by atoms with E-state index in [0.29, 0.717) is 28.6 Å². The largest absolute Gasteiger partial charge is 0.467 e. The van der Waals surface area contributed by atoms with Gasteiger partial charge < -0.3 is 14.5 Å². The maximum Gasteiger partial charge on any atom is 0.338 e. The van der Waals surface area contributed by atoms with Gasteiger partial charge in [-0.05, 0) is 54.1 Å². The van der Waals surface area contributed by atoms with Crippen molar-refractivity contribution in [2.75, 3.05) is 11.9 Å². The van der Waals surface area contributed by atoms with Crippen molar-refractivity contribution < 1.29 is 23.5 Å². The highest BCUT2D eigenvalue weighted by Crippen LogP contribution is 2.33. The van der Waals surface area contributed by atoms with Crippen molar-refractivity contribution in [3.8, 4) is 0 Å². The van der Waals surface area contributed by atoms with Crippen molar-refractivity contribution in [3.05, 3.63) is 88.8 Å². The minimum atomic E-state index is -0.659. The summed E-state index contributed by atoms with van der Waals surface area (Å²) in [6.07, 6.45) is 1.97. The lowest BCUT2D eigenvalue weighted by atomic mass is 10.0. The molecule has 1 aromatic heterocycles. The van der Waals surface area contributed by atoms with Crippen LogP contribution in [0.1, 0.15) is 41.1 Å². The van der Waals surface area contributed by atoms with Crippen molar-refractivity contribution in [3.63, 3.8) is 0 Å². The predicted octanol–water partition coefficient (Wildman–Crippen LogP) is 4.43. The fraction of sp³-hybridized carbons (Fsp3) is 0.167. The molecule has 0 bridgehead atoms.